The van der Waals surface area contributed by atoms with Gasteiger partial charge in [-0.05, 0) is 55.3 Å². The zero-order chi connectivity index (χ0) is 26.4. The van der Waals surface area contributed by atoms with E-state index in [0.717, 1.165) is 32.1 Å². The number of anilines is 1. The maximum Gasteiger partial charge on any atom is 0.274 e. The van der Waals surface area contributed by atoms with Gasteiger partial charge in [-0.15, -0.1) is 0 Å². The molecule has 10 heteroatoms. The summed E-state index contributed by atoms with van der Waals surface area (Å²) < 4.78 is 18.6. The van der Waals surface area contributed by atoms with Crippen molar-refractivity contribution < 1.29 is 23.5 Å². The third-order valence-corrected chi connectivity index (χ3v) is 6.69. The normalized spacial score (nSPS) is 15.6. The summed E-state index contributed by atoms with van der Waals surface area (Å²) >= 11 is 5.98. The Labute approximate surface area is 219 Å². The molecule has 1 fully saturated rings. The molecule has 0 radical (unpaired) electrons. The van der Waals surface area contributed by atoms with Crippen molar-refractivity contribution in [3.05, 3.63) is 82.1 Å². The SMILES string of the molecule is COC1CCN(CCCC(=O)c2nc[nH]c2C(=O)Nc2ccc(CC(=O)c3ccc(F)cc3Cl)cc2)C1. The fourth-order valence-electron chi connectivity index (χ4n) is 4.35. The van der Waals surface area contributed by atoms with Gasteiger partial charge in [-0.2, -0.15) is 0 Å². The number of rotatable bonds is 11. The quantitative estimate of drug-likeness (QED) is 0.355. The van der Waals surface area contributed by atoms with E-state index in [2.05, 4.69) is 20.2 Å². The molecule has 1 unspecified atom stereocenters. The van der Waals surface area contributed by atoms with E-state index in [4.69, 9.17) is 16.3 Å². The standard InChI is InChI=1S/C27H28ClFN4O4/c1-37-20-10-12-33(15-20)11-2-3-23(34)25-26(31-16-30-25)27(36)32-19-7-4-17(5-8-19)13-24(35)21-9-6-18(29)14-22(21)28/h4-9,14,16,20H,2-3,10-13,15H2,1H3,(H,30,31)(H,32,36). The van der Waals surface area contributed by atoms with Crippen LogP contribution in [0.25, 0.3) is 0 Å². The summed E-state index contributed by atoms with van der Waals surface area (Å²) in [6.45, 7) is 2.61. The Morgan fingerprint density at radius 2 is 1.97 bits per heavy atom. The minimum Gasteiger partial charge on any atom is -0.380 e. The van der Waals surface area contributed by atoms with Crippen molar-refractivity contribution in [2.45, 2.75) is 31.8 Å². The number of H-pyrrole nitrogens is 1. The van der Waals surface area contributed by atoms with Crippen LogP contribution in [0.2, 0.25) is 5.02 Å². The van der Waals surface area contributed by atoms with E-state index in [1.807, 2.05) is 0 Å². The van der Waals surface area contributed by atoms with Gasteiger partial charge < -0.3 is 19.9 Å². The number of ether oxygens (including phenoxy) is 1. The van der Waals surface area contributed by atoms with E-state index < -0.39 is 11.7 Å². The summed E-state index contributed by atoms with van der Waals surface area (Å²) in [6, 6.07) is 10.4. The molecule has 1 aromatic heterocycles. The van der Waals surface area contributed by atoms with Crippen molar-refractivity contribution in [2.24, 2.45) is 0 Å². The van der Waals surface area contributed by atoms with Crippen LogP contribution in [0.5, 0.6) is 0 Å². The number of aromatic nitrogens is 2. The van der Waals surface area contributed by atoms with Crippen LogP contribution in [0.3, 0.4) is 0 Å². The Morgan fingerprint density at radius 1 is 1.19 bits per heavy atom. The molecule has 1 aliphatic heterocycles. The average Bonchev–Trinajstić information content (AvgIpc) is 3.55. The van der Waals surface area contributed by atoms with Crippen LogP contribution in [-0.2, 0) is 11.2 Å². The molecule has 2 aromatic carbocycles. The summed E-state index contributed by atoms with van der Waals surface area (Å²) in [5, 5.41) is 2.81. The molecule has 1 atom stereocenters. The number of ketones is 2. The number of Topliss-reactive ketones (excluding diaryl/α,β-unsaturated/α-hetero) is 2. The number of carbonyl (C=O) groups is 3. The smallest absolute Gasteiger partial charge is 0.274 e. The van der Waals surface area contributed by atoms with Crippen LogP contribution in [0.1, 0.15) is 56.2 Å². The van der Waals surface area contributed by atoms with E-state index in [1.165, 1.54) is 18.5 Å². The van der Waals surface area contributed by atoms with Gasteiger partial charge in [0.2, 0.25) is 0 Å². The molecular formula is C27H28ClFN4O4. The third kappa shape index (κ3) is 6.88. The number of benzene rings is 2. The maximum atomic E-state index is 13.2. The third-order valence-electron chi connectivity index (χ3n) is 6.38. The van der Waals surface area contributed by atoms with E-state index in [0.29, 0.717) is 24.1 Å². The second kappa shape index (κ2) is 12.2. The molecule has 0 spiro atoms. The maximum absolute atomic E-state index is 13.2. The first-order chi connectivity index (χ1) is 17.8. The number of nitrogens with zero attached hydrogens (tertiary/aromatic N) is 2. The van der Waals surface area contributed by atoms with Crippen molar-refractivity contribution >= 4 is 34.8 Å². The molecule has 1 saturated heterocycles. The highest BCUT2D eigenvalue weighted by molar-refractivity contribution is 6.34. The first-order valence-electron chi connectivity index (χ1n) is 12.0. The highest BCUT2D eigenvalue weighted by Gasteiger charge is 2.23. The number of hydrogen-bond donors (Lipinski definition) is 2. The van der Waals surface area contributed by atoms with Gasteiger partial charge >= 0.3 is 0 Å². The molecule has 37 heavy (non-hydrogen) atoms. The number of carbonyl (C=O) groups excluding carboxylic acids is 3. The van der Waals surface area contributed by atoms with E-state index in [-0.39, 0.29) is 46.1 Å². The Balaban J connectivity index is 1.30. The van der Waals surface area contributed by atoms with Crippen LogP contribution < -0.4 is 5.32 Å². The molecule has 1 amide bonds. The summed E-state index contributed by atoms with van der Waals surface area (Å²) in [5.41, 5.74) is 1.67. The molecular weight excluding hydrogens is 499 g/mol. The average molecular weight is 527 g/mol. The van der Waals surface area contributed by atoms with Crippen molar-refractivity contribution in [3.8, 4) is 0 Å². The Kier molecular flexibility index (Phi) is 8.81. The molecule has 0 saturated carbocycles. The number of likely N-dealkylation sites (tertiary alicyclic amines) is 1. The molecule has 2 N–H and O–H groups in total. The van der Waals surface area contributed by atoms with Crippen LogP contribution in [0.4, 0.5) is 10.1 Å². The van der Waals surface area contributed by atoms with Gasteiger partial charge in [-0.1, -0.05) is 23.7 Å². The van der Waals surface area contributed by atoms with Crippen molar-refractivity contribution in [2.75, 3.05) is 32.1 Å². The zero-order valence-electron chi connectivity index (χ0n) is 20.4. The van der Waals surface area contributed by atoms with Gasteiger partial charge in [0.25, 0.3) is 5.91 Å². The molecule has 194 valence electrons. The Hall–Kier alpha value is -3.40. The summed E-state index contributed by atoms with van der Waals surface area (Å²) in [5.74, 6) is -1.43. The molecule has 0 aliphatic carbocycles. The number of amides is 1. The predicted octanol–water partition coefficient (Wildman–Crippen LogP) is 4.56. The largest absolute Gasteiger partial charge is 0.380 e. The van der Waals surface area contributed by atoms with E-state index in [9.17, 15) is 18.8 Å². The highest BCUT2D eigenvalue weighted by atomic mass is 35.5. The summed E-state index contributed by atoms with van der Waals surface area (Å²) in [6.07, 6.45) is 3.62. The van der Waals surface area contributed by atoms with Gasteiger partial charge in [-0.3, -0.25) is 14.4 Å². The molecule has 3 aromatic rings. The number of imidazole rings is 1. The lowest BCUT2D eigenvalue weighted by molar-refractivity contribution is 0.0948. The molecule has 4 rings (SSSR count). The van der Waals surface area contributed by atoms with E-state index in [1.54, 1.807) is 31.4 Å². The number of halogens is 2. The molecule has 1 aliphatic rings. The van der Waals surface area contributed by atoms with Gasteiger partial charge in [0.05, 0.1) is 17.5 Å². The monoisotopic (exact) mass is 526 g/mol. The minimum atomic E-state index is -0.508. The van der Waals surface area contributed by atoms with Crippen molar-refractivity contribution in [1.29, 1.82) is 0 Å². The zero-order valence-corrected chi connectivity index (χ0v) is 21.2. The lowest BCUT2D eigenvalue weighted by Crippen LogP contribution is -2.24. The van der Waals surface area contributed by atoms with Gasteiger partial charge in [0, 0.05) is 44.3 Å². The molecule has 2 heterocycles. The summed E-state index contributed by atoms with van der Waals surface area (Å²) in [4.78, 5) is 47.1. The van der Waals surface area contributed by atoms with Crippen molar-refractivity contribution in [3.63, 3.8) is 0 Å². The lowest BCUT2D eigenvalue weighted by atomic mass is 10.0. The van der Waals surface area contributed by atoms with Crippen molar-refractivity contribution in [1.82, 2.24) is 14.9 Å². The number of hydrogen-bond acceptors (Lipinski definition) is 6. The van der Waals surface area contributed by atoms with Crippen LogP contribution in [0, 0.1) is 5.82 Å². The second-order valence-electron chi connectivity index (χ2n) is 8.98. The first-order valence-corrected chi connectivity index (χ1v) is 12.4. The second-order valence-corrected chi connectivity index (χ2v) is 9.38. The van der Waals surface area contributed by atoms with Crippen LogP contribution >= 0.6 is 11.6 Å². The first kappa shape index (κ1) is 26.7. The molecule has 8 nitrogen and oxygen atoms in total. The topological polar surface area (TPSA) is 104 Å². The molecule has 0 bridgehead atoms. The van der Waals surface area contributed by atoms with Gasteiger partial charge in [0.15, 0.2) is 11.6 Å². The van der Waals surface area contributed by atoms with Gasteiger partial charge in [-0.25, -0.2) is 9.37 Å². The Morgan fingerprint density at radius 3 is 2.68 bits per heavy atom. The predicted molar refractivity (Wildman–Crippen MR) is 138 cm³/mol. The Bertz CT molecular complexity index is 1280. The number of aromatic amines is 1. The fourth-order valence-corrected chi connectivity index (χ4v) is 4.62. The minimum absolute atomic E-state index is 0.0644. The van der Waals surface area contributed by atoms with E-state index >= 15 is 0 Å². The van der Waals surface area contributed by atoms with Crippen LogP contribution in [-0.4, -0.2) is 65.2 Å². The summed E-state index contributed by atoms with van der Waals surface area (Å²) in [7, 11) is 1.71. The van der Waals surface area contributed by atoms with Crippen LogP contribution in [0.15, 0.2) is 48.8 Å². The number of methoxy groups -OCH3 is 1. The number of nitrogens with one attached hydrogen (secondary N) is 2. The fraction of sp³-hybridized carbons (Fsp3) is 0.333. The lowest BCUT2D eigenvalue weighted by Gasteiger charge is -2.14. The van der Waals surface area contributed by atoms with Gasteiger partial charge in [0.1, 0.15) is 17.2 Å². The highest BCUT2D eigenvalue weighted by Crippen LogP contribution is 2.21.